The molecule has 0 aromatic rings. The van der Waals surface area contributed by atoms with Crippen molar-refractivity contribution < 1.29 is 4.74 Å². The lowest BCUT2D eigenvalue weighted by atomic mass is 9.90. The van der Waals surface area contributed by atoms with E-state index >= 15 is 0 Å². The van der Waals surface area contributed by atoms with Gasteiger partial charge in [0.05, 0.1) is 6.10 Å². The predicted octanol–water partition coefficient (Wildman–Crippen LogP) is 1.01. The number of hydrogen-bond donors (Lipinski definition) is 1. The van der Waals surface area contributed by atoms with E-state index in [-0.39, 0.29) is 0 Å². The third-order valence-corrected chi connectivity index (χ3v) is 2.35. The molecular weight excluding hydrogens is 126 g/mol. The second-order valence-corrected chi connectivity index (χ2v) is 3.34. The molecule has 0 saturated carbocycles. The Kier molecular flexibility index (Phi) is 2.69. The summed E-state index contributed by atoms with van der Waals surface area (Å²) in [6.07, 6.45) is 1.53. The molecule has 1 fully saturated rings. The largest absolute Gasteiger partial charge is 0.377 e. The first kappa shape index (κ1) is 8.02. The highest BCUT2D eigenvalue weighted by atomic mass is 16.5. The number of ether oxygens (including phenoxy) is 1. The second-order valence-electron chi connectivity index (χ2n) is 3.34. The molecule has 0 radical (unpaired) electrons. The Balaban J connectivity index is 2.42. The summed E-state index contributed by atoms with van der Waals surface area (Å²) in [4.78, 5) is 0. The van der Waals surface area contributed by atoms with Gasteiger partial charge < -0.3 is 10.5 Å². The summed E-state index contributed by atoms with van der Waals surface area (Å²) in [5.41, 5.74) is 5.54. The van der Waals surface area contributed by atoms with Crippen molar-refractivity contribution in [3.05, 3.63) is 0 Å². The molecule has 2 nitrogen and oxygen atoms in total. The van der Waals surface area contributed by atoms with Crippen LogP contribution in [0.3, 0.4) is 0 Å². The van der Waals surface area contributed by atoms with Gasteiger partial charge in [0.1, 0.15) is 0 Å². The third kappa shape index (κ3) is 1.50. The van der Waals surface area contributed by atoms with Crippen LogP contribution < -0.4 is 5.73 Å². The van der Waals surface area contributed by atoms with Gasteiger partial charge in [0, 0.05) is 13.2 Å². The van der Waals surface area contributed by atoms with Gasteiger partial charge in [-0.15, -0.1) is 0 Å². The van der Waals surface area contributed by atoms with Gasteiger partial charge >= 0.3 is 0 Å². The van der Waals surface area contributed by atoms with Crippen LogP contribution in [-0.2, 0) is 4.74 Å². The molecule has 0 spiro atoms. The molecule has 2 atom stereocenters. The Morgan fingerprint density at radius 1 is 1.60 bits per heavy atom. The van der Waals surface area contributed by atoms with Crippen molar-refractivity contribution in [3.8, 4) is 0 Å². The van der Waals surface area contributed by atoms with E-state index in [1.165, 1.54) is 6.42 Å². The molecule has 0 amide bonds. The molecule has 1 aliphatic heterocycles. The van der Waals surface area contributed by atoms with Crippen LogP contribution in [0.1, 0.15) is 20.3 Å². The summed E-state index contributed by atoms with van der Waals surface area (Å²) in [6, 6.07) is 0. The second kappa shape index (κ2) is 3.35. The van der Waals surface area contributed by atoms with Crippen LogP contribution >= 0.6 is 0 Å². The molecule has 60 valence electrons. The molecule has 2 heteroatoms. The Hall–Kier alpha value is -0.0800. The van der Waals surface area contributed by atoms with Gasteiger partial charge in [-0.05, 0) is 18.3 Å². The molecule has 0 bridgehead atoms. The lowest BCUT2D eigenvalue weighted by Crippen LogP contribution is -2.28. The van der Waals surface area contributed by atoms with Crippen molar-refractivity contribution in [2.45, 2.75) is 26.4 Å². The highest BCUT2D eigenvalue weighted by Crippen LogP contribution is 2.26. The van der Waals surface area contributed by atoms with Crippen LogP contribution in [0.25, 0.3) is 0 Å². The minimum absolute atomic E-state index is 0.333. The molecule has 1 heterocycles. The highest BCUT2D eigenvalue weighted by molar-refractivity contribution is 4.78. The average Bonchev–Trinajstić information content (AvgIpc) is 2.33. The first-order valence-corrected chi connectivity index (χ1v) is 4.07. The van der Waals surface area contributed by atoms with E-state index in [4.69, 9.17) is 10.5 Å². The monoisotopic (exact) mass is 143 g/mol. The maximum atomic E-state index is 5.54. The summed E-state index contributed by atoms with van der Waals surface area (Å²) in [5.74, 6) is 1.42. The normalized spacial score (nSPS) is 33.6. The third-order valence-electron chi connectivity index (χ3n) is 2.35. The summed E-state index contributed by atoms with van der Waals surface area (Å²) < 4.78 is 5.45. The average molecular weight is 143 g/mol. The molecule has 0 aromatic carbocycles. The first-order chi connectivity index (χ1) is 4.75. The number of nitrogens with two attached hydrogens (primary N) is 1. The van der Waals surface area contributed by atoms with Crippen LogP contribution in [0.15, 0.2) is 0 Å². The van der Waals surface area contributed by atoms with Crippen LogP contribution in [0.4, 0.5) is 0 Å². The van der Waals surface area contributed by atoms with Gasteiger partial charge in [0.2, 0.25) is 0 Å². The maximum absolute atomic E-state index is 5.54. The molecule has 1 aliphatic rings. The Labute approximate surface area is 62.7 Å². The fourth-order valence-corrected chi connectivity index (χ4v) is 1.67. The van der Waals surface area contributed by atoms with Gasteiger partial charge in [-0.2, -0.15) is 0 Å². The minimum atomic E-state index is 0.333. The Bertz CT molecular complexity index is 103. The van der Waals surface area contributed by atoms with Gasteiger partial charge in [-0.3, -0.25) is 0 Å². The van der Waals surface area contributed by atoms with Gasteiger partial charge in [0.25, 0.3) is 0 Å². The predicted molar refractivity (Wildman–Crippen MR) is 41.7 cm³/mol. The van der Waals surface area contributed by atoms with Crippen molar-refractivity contribution in [1.29, 1.82) is 0 Å². The van der Waals surface area contributed by atoms with E-state index in [9.17, 15) is 0 Å². The molecular formula is C8H17NO. The standard InChI is InChI=1S/C8H17NO/c1-6(2)7-3-4-10-8(7)5-9/h6-8H,3-5,9H2,1-2H3. The van der Waals surface area contributed by atoms with Crippen molar-refractivity contribution in [3.63, 3.8) is 0 Å². The van der Waals surface area contributed by atoms with E-state index in [1.54, 1.807) is 0 Å². The van der Waals surface area contributed by atoms with Crippen molar-refractivity contribution in [2.24, 2.45) is 17.6 Å². The zero-order valence-electron chi connectivity index (χ0n) is 6.84. The van der Waals surface area contributed by atoms with Crippen LogP contribution in [0.2, 0.25) is 0 Å². The van der Waals surface area contributed by atoms with Gasteiger partial charge in [-0.25, -0.2) is 0 Å². The lowest BCUT2D eigenvalue weighted by Gasteiger charge is -2.19. The molecule has 0 aromatic heterocycles. The number of hydrogen-bond acceptors (Lipinski definition) is 2. The van der Waals surface area contributed by atoms with E-state index in [0.29, 0.717) is 18.6 Å². The summed E-state index contributed by atoms with van der Waals surface area (Å²) >= 11 is 0. The van der Waals surface area contributed by atoms with Crippen LogP contribution in [0.5, 0.6) is 0 Å². The molecule has 1 saturated heterocycles. The fraction of sp³-hybridized carbons (Fsp3) is 1.00. The Morgan fingerprint density at radius 3 is 2.70 bits per heavy atom. The maximum Gasteiger partial charge on any atom is 0.0728 e. The van der Waals surface area contributed by atoms with E-state index in [2.05, 4.69) is 13.8 Å². The van der Waals surface area contributed by atoms with E-state index in [0.717, 1.165) is 12.5 Å². The zero-order valence-corrected chi connectivity index (χ0v) is 6.84. The van der Waals surface area contributed by atoms with E-state index < -0.39 is 0 Å². The molecule has 0 aliphatic carbocycles. The molecule has 2 unspecified atom stereocenters. The minimum Gasteiger partial charge on any atom is -0.377 e. The summed E-state index contributed by atoms with van der Waals surface area (Å²) in [5, 5.41) is 0. The van der Waals surface area contributed by atoms with Crippen LogP contribution in [0, 0.1) is 11.8 Å². The van der Waals surface area contributed by atoms with E-state index in [1.807, 2.05) is 0 Å². The zero-order chi connectivity index (χ0) is 7.56. The molecule has 2 N–H and O–H groups in total. The van der Waals surface area contributed by atoms with Crippen molar-refractivity contribution in [2.75, 3.05) is 13.2 Å². The number of rotatable bonds is 2. The lowest BCUT2D eigenvalue weighted by molar-refractivity contribution is 0.0863. The smallest absolute Gasteiger partial charge is 0.0728 e. The van der Waals surface area contributed by atoms with Crippen LogP contribution in [-0.4, -0.2) is 19.3 Å². The first-order valence-electron chi connectivity index (χ1n) is 4.07. The Morgan fingerprint density at radius 2 is 2.30 bits per heavy atom. The van der Waals surface area contributed by atoms with Crippen molar-refractivity contribution >= 4 is 0 Å². The topological polar surface area (TPSA) is 35.2 Å². The van der Waals surface area contributed by atoms with Crippen molar-refractivity contribution in [1.82, 2.24) is 0 Å². The quantitative estimate of drug-likeness (QED) is 0.626. The molecule has 10 heavy (non-hydrogen) atoms. The fourth-order valence-electron chi connectivity index (χ4n) is 1.67. The SMILES string of the molecule is CC(C)C1CCOC1CN. The van der Waals surface area contributed by atoms with Gasteiger partial charge in [-0.1, -0.05) is 13.8 Å². The van der Waals surface area contributed by atoms with Gasteiger partial charge in [0.15, 0.2) is 0 Å². The summed E-state index contributed by atoms with van der Waals surface area (Å²) in [6.45, 7) is 6.07. The molecule has 1 rings (SSSR count). The summed E-state index contributed by atoms with van der Waals surface area (Å²) in [7, 11) is 0. The highest BCUT2D eigenvalue weighted by Gasteiger charge is 2.28.